The highest BCUT2D eigenvalue weighted by Gasteiger charge is 2.42. The second kappa shape index (κ2) is 19.8. The van der Waals surface area contributed by atoms with Gasteiger partial charge in [0.15, 0.2) is 0 Å². The van der Waals surface area contributed by atoms with Crippen LogP contribution in [0, 0.1) is 41.9 Å². The van der Waals surface area contributed by atoms with Crippen LogP contribution < -0.4 is 10.6 Å². The van der Waals surface area contributed by atoms with Gasteiger partial charge in [0.05, 0.1) is 11.1 Å². The molecule has 306 valence electrons. The largest absolute Gasteiger partial charge is 0.460 e. The summed E-state index contributed by atoms with van der Waals surface area (Å²) in [6, 6.07) is 5.40. The number of nitrogens with zero attached hydrogens (tertiary/aromatic N) is 2. The molecule has 10 atom stereocenters. The second-order valence-corrected chi connectivity index (χ2v) is 19.1. The molecule has 55 heavy (non-hydrogen) atoms. The van der Waals surface area contributed by atoms with Crippen LogP contribution in [-0.4, -0.2) is 82.0 Å². The average Bonchev–Trinajstić information content (AvgIpc) is 3.82. The topological polar surface area (TPSA) is 134 Å². The van der Waals surface area contributed by atoms with Crippen LogP contribution >= 0.6 is 11.8 Å². The van der Waals surface area contributed by atoms with Gasteiger partial charge in [-0.05, 0) is 81.1 Å². The number of ketones is 1. The van der Waals surface area contributed by atoms with Gasteiger partial charge < -0.3 is 20.3 Å². The number of Topliss-reactive ketones (excluding diaryl/α,β-unsaturated/α-hetero) is 1. The van der Waals surface area contributed by atoms with Crippen LogP contribution in [0.4, 0.5) is 0 Å². The number of hydrogen-bond acceptors (Lipinski definition) is 8. The molecule has 11 heteroatoms. The van der Waals surface area contributed by atoms with Gasteiger partial charge >= 0.3 is 5.97 Å². The zero-order valence-corrected chi connectivity index (χ0v) is 35.9. The third-order valence-electron chi connectivity index (χ3n) is 12.1. The molecule has 10 nitrogen and oxygen atoms in total. The molecule has 2 bridgehead atoms. The minimum atomic E-state index is -0.960. The van der Waals surface area contributed by atoms with Crippen LogP contribution in [0.5, 0.6) is 0 Å². The SMILES string of the molecule is CC[C@H](C)[C@@H]1NC(=O)[C@H](C)NC(=O)[C@H](Cc2ccc(C)cc2)CC(=O)CC[C@H]2CSC(=N2)[C@@H](C)[C@@H](C)C[C@H](C)C[C@@H](C(C)(C)C)OC(=O)[C@@H]2CCCN2C1=O. The van der Waals surface area contributed by atoms with Gasteiger partial charge in [-0.15, -0.1) is 11.8 Å². The van der Waals surface area contributed by atoms with E-state index in [4.69, 9.17) is 9.73 Å². The van der Waals surface area contributed by atoms with E-state index < -0.39 is 35.9 Å². The van der Waals surface area contributed by atoms with Crippen molar-refractivity contribution in [2.24, 2.45) is 40.0 Å². The van der Waals surface area contributed by atoms with Crippen molar-refractivity contribution in [1.82, 2.24) is 15.5 Å². The van der Waals surface area contributed by atoms with Crippen molar-refractivity contribution in [2.75, 3.05) is 12.3 Å². The molecule has 0 radical (unpaired) electrons. The van der Waals surface area contributed by atoms with Crippen molar-refractivity contribution >= 4 is 46.3 Å². The highest BCUT2D eigenvalue weighted by molar-refractivity contribution is 8.14. The summed E-state index contributed by atoms with van der Waals surface area (Å²) in [6.45, 7) is 20.9. The molecule has 3 heterocycles. The van der Waals surface area contributed by atoms with Crippen LogP contribution in [0.3, 0.4) is 0 Å². The number of amides is 3. The normalized spacial score (nSPS) is 32.0. The molecular weight excluding hydrogens is 713 g/mol. The van der Waals surface area contributed by atoms with Crippen LogP contribution in [0.15, 0.2) is 29.3 Å². The average molecular weight is 781 g/mol. The molecule has 4 rings (SSSR count). The van der Waals surface area contributed by atoms with Gasteiger partial charge in [-0.25, -0.2) is 4.79 Å². The molecule has 0 aromatic heterocycles. The van der Waals surface area contributed by atoms with Gasteiger partial charge in [0.2, 0.25) is 17.7 Å². The van der Waals surface area contributed by atoms with E-state index in [1.807, 2.05) is 45.0 Å². The number of ether oxygens (including phenoxy) is 1. The number of nitrogens with one attached hydrogen (secondary N) is 2. The first-order chi connectivity index (χ1) is 25.9. The van der Waals surface area contributed by atoms with Gasteiger partial charge in [0.1, 0.15) is 30.0 Å². The van der Waals surface area contributed by atoms with Crippen molar-refractivity contribution in [1.29, 1.82) is 0 Å². The number of thioether (sulfide) groups is 1. The minimum Gasteiger partial charge on any atom is -0.460 e. The first-order valence-corrected chi connectivity index (χ1v) is 21.8. The Balaban J connectivity index is 1.63. The Morgan fingerprint density at radius 2 is 1.65 bits per heavy atom. The van der Waals surface area contributed by atoms with Gasteiger partial charge in [0, 0.05) is 37.0 Å². The maximum absolute atomic E-state index is 14.3. The van der Waals surface area contributed by atoms with Crippen LogP contribution in [0.1, 0.15) is 125 Å². The molecule has 3 aliphatic rings. The molecule has 0 spiro atoms. The van der Waals surface area contributed by atoms with E-state index in [1.54, 1.807) is 23.6 Å². The number of carbonyl (C=O) groups is 5. The number of aryl methyl sites for hydroxylation is 1. The van der Waals surface area contributed by atoms with Crippen LogP contribution in [0.2, 0.25) is 0 Å². The summed E-state index contributed by atoms with van der Waals surface area (Å²) >= 11 is 1.78. The number of cyclic esters (lactones) is 1. The number of fused-ring (bicyclic) bond motifs is 2. The molecule has 3 amide bonds. The fourth-order valence-electron chi connectivity index (χ4n) is 7.96. The fourth-order valence-corrected chi connectivity index (χ4v) is 9.28. The Bertz CT molecular complexity index is 1540. The quantitative estimate of drug-likeness (QED) is 0.312. The smallest absolute Gasteiger partial charge is 0.329 e. The molecule has 1 saturated heterocycles. The summed E-state index contributed by atoms with van der Waals surface area (Å²) in [5, 5.41) is 6.93. The summed E-state index contributed by atoms with van der Waals surface area (Å²) in [5.41, 5.74) is 1.73. The summed E-state index contributed by atoms with van der Waals surface area (Å²) in [6.07, 6.45) is 4.48. The lowest BCUT2D eigenvalue weighted by molar-refractivity contribution is -0.164. The molecule has 1 aromatic carbocycles. The molecule has 3 aliphatic heterocycles. The molecular formula is C44H68N4O6S. The number of rotatable bonds is 4. The van der Waals surface area contributed by atoms with Crippen molar-refractivity contribution < 1.29 is 28.7 Å². The maximum atomic E-state index is 14.3. The summed E-state index contributed by atoms with van der Waals surface area (Å²) < 4.78 is 6.32. The number of hydrogen-bond donors (Lipinski definition) is 2. The van der Waals surface area contributed by atoms with E-state index in [0.717, 1.165) is 28.3 Å². The van der Waals surface area contributed by atoms with E-state index in [9.17, 15) is 24.0 Å². The predicted octanol–water partition coefficient (Wildman–Crippen LogP) is 7.09. The monoisotopic (exact) mass is 780 g/mol. The van der Waals surface area contributed by atoms with Crippen LogP contribution in [-0.2, 0) is 35.1 Å². The fraction of sp³-hybridized carbons (Fsp3) is 0.727. The number of aliphatic imine (C=N–C) groups is 1. The first kappa shape index (κ1) is 44.5. The maximum Gasteiger partial charge on any atom is 0.329 e. The summed E-state index contributed by atoms with van der Waals surface area (Å²) in [7, 11) is 0. The number of benzene rings is 1. The molecule has 0 aliphatic carbocycles. The molecule has 0 unspecified atom stereocenters. The summed E-state index contributed by atoms with van der Waals surface area (Å²) in [4.78, 5) is 76.0. The Kier molecular flexibility index (Phi) is 16.0. The third-order valence-corrected chi connectivity index (χ3v) is 13.5. The molecule has 1 fully saturated rings. The van der Waals surface area contributed by atoms with Crippen LogP contribution in [0.25, 0.3) is 0 Å². The van der Waals surface area contributed by atoms with Gasteiger partial charge in [-0.2, -0.15) is 0 Å². The molecule has 1 aromatic rings. The minimum absolute atomic E-state index is 0.00606. The van der Waals surface area contributed by atoms with Gasteiger partial charge in [0.25, 0.3) is 0 Å². The van der Waals surface area contributed by atoms with E-state index in [0.29, 0.717) is 57.4 Å². The highest BCUT2D eigenvalue weighted by atomic mass is 32.2. The lowest BCUT2D eigenvalue weighted by Gasteiger charge is -2.36. The van der Waals surface area contributed by atoms with Crippen molar-refractivity contribution in [3.63, 3.8) is 0 Å². The Labute approximate surface area is 334 Å². The highest BCUT2D eigenvalue weighted by Crippen LogP contribution is 2.36. The van der Waals surface area contributed by atoms with Crippen molar-refractivity contribution in [3.8, 4) is 0 Å². The standard InChI is InChI=1S/C44H68N4O6S/c1-11-28(4)38-42(52)48-20-12-13-36(48)43(53)54-37(44(8,9)10)22-27(3)21-29(5)30(6)41-46-34(25-55-41)18-19-35(49)24-33(23-32-16-14-26(2)15-17-32)40(51)45-31(7)39(50)47-38/h14-17,27-31,33-34,36-38H,11-13,18-25H2,1-10H3,(H,45,51)(H,47,50)/t27-,28-,29-,30-,31-,33+,34-,36-,37-,38-/m0/s1. The third kappa shape index (κ3) is 12.4. The predicted molar refractivity (Wildman–Crippen MR) is 221 cm³/mol. The van der Waals surface area contributed by atoms with Gasteiger partial charge in [-0.3, -0.25) is 24.2 Å². The Morgan fingerprint density at radius 3 is 2.31 bits per heavy atom. The molecule has 2 N–H and O–H groups in total. The van der Waals surface area contributed by atoms with Gasteiger partial charge in [-0.1, -0.05) is 91.6 Å². The van der Waals surface area contributed by atoms with Crippen molar-refractivity contribution in [2.45, 2.75) is 157 Å². The van der Waals surface area contributed by atoms with E-state index in [-0.39, 0.29) is 59.3 Å². The molecule has 0 saturated carbocycles. The first-order valence-electron chi connectivity index (χ1n) is 20.8. The van der Waals surface area contributed by atoms with E-state index in [1.165, 1.54) is 0 Å². The Hall–Kier alpha value is -3.21. The summed E-state index contributed by atoms with van der Waals surface area (Å²) in [5.74, 6) is -0.723. The zero-order valence-electron chi connectivity index (χ0n) is 35.1. The number of esters is 1. The Morgan fingerprint density at radius 1 is 0.964 bits per heavy atom. The number of carbonyl (C=O) groups excluding carboxylic acids is 5. The lowest BCUT2D eigenvalue weighted by Crippen LogP contribution is -2.57. The van der Waals surface area contributed by atoms with E-state index in [2.05, 4.69) is 52.2 Å². The van der Waals surface area contributed by atoms with E-state index >= 15 is 0 Å². The van der Waals surface area contributed by atoms with Crippen molar-refractivity contribution in [3.05, 3.63) is 35.4 Å². The zero-order chi connectivity index (χ0) is 40.6. The lowest BCUT2D eigenvalue weighted by atomic mass is 9.80. The second-order valence-electron chi connectivity index (χ2n) is 18.0.